The van der Waals surface area contributed by atoms with Crippen molar-refractivity contribution in [3.8, 4) is 0 Å². The molecule has 0 aromatic heterocycles. The predicted octanol–water partition coefficient (Wildman–Crippen LogP) is 6.45. The van der Waals surface area contributed by atoms with Crippen molar-refractivity contribution < 1.29 is 0 Å². The van der Waals surface area contributed by atoms with Gasteiger partial charge in [-0.1, -0.05) is 27.2 Å². The van der Waals surface area contributed by atoms with Gasteiger partial charge < -0.3 is 20.4 Å². The zero-order chi connectivity index (χ0) is 22.4. The molecule has 2 aliphatic heterocycles. The number of anilines is 2. The number of nitrogens with zero attached hydrogens (tertiary/aromatic N) is 2. The molecule has 170 valence electrons. The van der Waals surface area contributed by atoms with Crippen LogP contribution in [-0.2, 0) is 0 Å². The Labute approximate surface area is 186 Å². The highest BCUT2D eigenvalue weighted by atomic mass is 15.3. The Morgan fingerprint density at radius 2 is 1.63 bits per heavy atom. The molecule has 0 saturated carbocycles. The first-order chi connectivity index (χ1) is 14.7. The van der Waals surface area contributed by atoms with Gasteiger partial charge in [0.05, 0.1) is 6.17 Å². The maximum absolute atomic E-state index is 3.67. The van der Waals surface area contributed by atoms with Crippen LogP contribution in [0.2, 0.25) is 0 Å². The molecule has 2 unspecified atom stereocenters. The van der Waals surface area contributed by atoms with Crippen LogP contribution < -0.4 is 15.5 Å². The second-order valence-corrected chi connectivity index (χ2v) is 7.75. The van der Waals surface area contributed by atoms with Crippen molar-refractivity contribution >= 4 is 11.4 Å². The van der Waals surface area contributed by atoms with E-state index in [4.69, 9.17) is 0 Å². The van der Waals surface area contributed by atoms with E-state index < -0.39 is 0 Å². The zero-order valence-electron chi connectivity index (χ0n) is 20.2. The Morgan fingerprint density at radius 3 is 2.20 bits per heavy atom. The van der Waals surface area contributed by atoms with Gasteiger partial charge in [0.15, 0.2) is 0 Å². The number of rotatable bonds is 5. The van der Waals surface area contributed by atoms with E-state index in [0.717, 1.165) is 6.42 Å². The van der Waals surface area contributed by atoms with E-state index in [1.54, 1.807) is 0 Å². The van der Waals surface area contributed by atoms with E-state index in [-0.39, 0.29) is 0 Å². The Hall–Kier alpha value is -1.94. The average Bonchev–Trinajstić information content (AvgIpc) is 2.82. The Balaban J connectivity index is 0.00000106. The molecule has 0 amide bonds. The molecule has 0 aliphatic carbocycles. The number of allylic oxidation sites excluding steroid dienone is 1. The molecule has 3 rings (SSSR count). The number of hydrogen-bond acceptors (Lipinski definition) is 4. The number of hydrogen-bond donors (Lipinski definition) is 2. The fraction of sp³-hybridized carbons (Fsp3) is 0.615. The monoisotopic (exact) mass is 414 g/mol. The summed E-state index contributed by atoms with van der Waals surface area (Å²) >= 11 is 0. The van der Waals surface area contributed by atoms with Crippen molar-refractivity contribution in [3.05, 3.63) is 49.3 Å². The molecular weight excluding hydrogens is 368 g/mol. The van der Waals surface area contributed by atoms with Crippen LogP contribution in [0.25, 0.3) is 0 Å². The van der Waals surface area contributed by atoms with Crippen LogP contribution in [0.15, 0.2) is 49.3 Å². The van der Waals surface area contributed by atoms with Crippen molar-refractivity contribution in [3.63, 3.8) is 0 Å². The van der Waals surface area contributed by atoms with Crippen molar-refractivity contribution in [1.29, 1.82) is 0 Å². The molecule has 30 heavy (non-hydrogen) atoms. The Morgan fingerprint density at radius 1 is 1.00 bits per heavy atom. The highest BCUT2D eigenvalue weighted by Crippen LogP contribution is 2.27. The third kappa shape index (κ3) is 7.39. The summed E-state index contributed by atoms with van der Waals surface area (Å²) in [5.41, 5.74) is 2.53. The van der Waals surface area contributed by atoms with E-state index in [2.05, 4.69) is 85.0 Å². The van der Waals surface area contributed by atoms with Crippen LogP contribution in [0.3, 0.4) is 0 Å². The van der Waals surface area contributed by atoms with Crippen LogP contribution in [0.5, 0.6) is 0 Å². The van der Waals surface area contributed by atoms with Gasteiger partial charge >= 0.3 is 0 Å². The van der Waals surface area contributed by atoms with E-state index >= 15 is 0 Å². The van der Waals surface area contributed by atoms with Crippen LogP contribution in [0.4, 0.5) is 11.4 Å². The van der Waals surface area contributed by atoms with Gasteiger partial charge in [0.25, 0.3) is 0 Å². The largest absolute Gasteiger partial charge is 0.372 e. The molecule has 1 aromatic rings. The third-order valence-electron chi connectivity index (χ3n) is 6.04. The Bertz CT molecular complexity index is 590. The first-order valence-corrected chi connectivity index (χ1v) is 11.9. The maximum atomic E-state index is 3.67. The number of benzene rings is 1. The molecule has 1 fully saturated rings. The first-order valence-electron chi connectivity index (χ1n) is 11.9. The average molecular weight is 415 g/mol. The minimum absolute atomic E-state index is 0.381. The lowest BCUT2D eigenvalue weighted by atomic mass is 9.93. The third-order valence-corrected chi connectivity index (χ3v) is 6.04. The smallest absolute Gasteiger partial charge is 0.103 e. The second kappa shape index (κ2) is 15.0. The molecular formula is C26H46N4. The van der Waals surface area contributed by atoms with Crippen molar-refractivity contribution in [1.82, 2.24) is 10.2 Å². The maximum Gasteiger partial charge on any atom is 0.103 e. The van der Waals surface area contributed by atoms with Crippen molar-refractivity contribution in [2.45, 2.75) is 71.9 Å². The summed E-state index contributed by atoms with van der Waals surface area (Å²) in [7, 11) is 4.28. The second-order valence-electron chi connectivity index (χ2n) is 7.75. The molecule has 1 aromatic carbocycles. The van der Waals surface area contributed by atoms with E-state index in [0.29, 0.717) is 12.1 Å². The summed E-state index contributed by atoms with van der Waals surface area (Å²) < 4.78 is 0. The molecule has 0 radical (unpaired) electrons. The summed E-state index contributed by atoms with van der Waals surface area (Å²) in [5, 5.41) is 7.19. The van der Waals surface area contributed by atoms with Gasteiger partial charge in [-0.2, -0.15) is 0 Å². The van der Waals surface area contributed by atoms with Gasteiger partial charge in [-0.15, -0.1) is 13.2 Å². The molecule has 0 spiro atoms. The fourth-order valence-electron chi connectivity index (χ4n) is 4.44. The number of nitrogens with one attached hydrogen (secondary N) is 2. The van der Waals surface area contributed by atoms with Gasteiger partial charge in [0.2, 0.25) is 0 Å². The lowest BCUT2D eigenvalue weighted by molar-refractivity contribution is 0.168. The highest BCUT2D eigenvalue weighted by Gasteiger charge is 2.25. The molecule has 4 nitrogen and oxygen atoms in total. The van der Waals surface area contributed by atoms with E-state index in [9.17, 15) is 0 Å². The van der Waals surface area contributed by atoms with E-state index in [1.165, 1.54) is 68.8 Å². The zero-order valence-corrected chi connectivity index (χ0v) is 20.2. The lowest BCUT2D eigenvalue weighted by Crippen LogP contribution is -2.48. The van der Waals surface area contributed by atoms with Crippen LogP contribution in [-0.4, -0.2) is 38.3 Å². The minimum Gasteiger partial charge on any atom is -0.372 e. The molecule has 2 aliphatic rings. The SMILES string of the molecule is C=C.CC.CCC1CCC/C=C(/Nc2ccc(N3CCCCC3)cc2)N(C)C1NC. The Kier molecular flexibility index (Phi) is 13.0. The van der Waals surface area contributed by atoms with Crippen molar-refractivity contribution in [2.75, 3.05) is 37.4 Å². The normalized spacial score (nSPS) is 23.4. The summed E-state index contributed by atoms with van der Waals surface area (Å²) in [4.78, 5) is 4.89. The topological polar surface area (TPSA) is 30.5 Å². The van der Waals surface area contributed by atoms with E-state index in [1.807, 2.05) is 13.8 Å². The van der Waals surface area contributed by atoms with Crippen molar-refractivity contribution in [2.24, 2.45) is 5.92 Å². The molecule has 2 heterocycles. The number of piperidine rings is 1. The van der Waals surface area contributed by atoms with Gasteiger partial charge in [0, 0.05) is 31.5 Å². The minimum atomic E-state index is 0.381. The van der Waals surface area contributed by atoms with Crippen LogP contribution >= 0.6 is 0 Å². The summed E-state index contributed by atoms with van der Waals surface area (Å²) in [5.74, 6) is 1.91. The van der Waals surface area contributed by atoms with Gasteiger partial charge in [-0.05, 0) is 81.8 Å². The fourth-order valence-corrected chi connectivity index (χ4v) is 4.44. The van der Waals surface area contributed by atoms with Gasteiger partial charge in [-0.25, -0.2) is 0 Å². The quantitative estimate of drug-likeness (QED) is 0.542. The summed E-state index contributed by atoms with van der Waals surface area (Å²) in [6.07, 6.45) is 11.7. The van der Waals surface area contributed by atoms with Gasteiger partial charge in [-0.3, -0.25) is 0 Å². The van der Waals surface area contributed by atoms with Gasteiger partial charge in [0.1, 0.15) is 5.82 Å². The lowest BCUT2D eigenvalue weighted by Gasteiger charge is -2.38. The summed E-state index contributed by atoms with van der Waals surface area (Å²) in [6.45, 7) is 14.7. The highest BCUT2D eigenvalue weighted by molar-refractivity contribution is 5.57. The molecule has 2 atom stereocenters. The summed E-state index contributed by atoms with van der Waals surface area (Å²) in [6, 6.07) is 8.98. The molecule has 0 bridgehead atoms. The molecule has 1 saturated heterocycles. The first kappa shape index (κ1) is 26.1. The standard InChI is InChI=1S/C22H36N4.C2H6.C2H4/c1-4-18-10-6-7-11-21(25(3)22(18)23-2)24-19-12-14-20(15-13-19)26-16-8-5-9-17-26;2*1-2/h11-15,18,22-24H,4-10,16-17H2,1-3H3;1-2H3;1-2H2/b21-11-;;. The molecule has 4 heteroatoms. The predicted molar refractivity (Wildman–Crippen MR) is 135 cm³/mol. The van der Waals surface area contributed by atoms with Crippen LogP contribution in [0.1, 0.15) is 65.7 Å². The van der Waals surface area contributed by atoms with Crippen LogP contribution in [0, 0.1) is 5.92 Å². The molecule has 2 N–H and O–H groups in total.